The van der Waals surface area contributed by atoms with Gasteiger partial charge in [0.05, 0.1) is 33.8 Å². The first-order valence-corrected chi connectivity index (χ1v) is 19.7. The first-order chi connectivity index (χ1) is 31.1. The molecule has 1 amide bonds. The molecule has 0 aliphatic carbocycles. The number of rotatable bonds is 18. The van der Waals surface area contributed by atoms with Crippen LogP contribution in [0.25, 0.3) is 11.2 Å². The number of hydrogen-bond acceptors (Lipinski definition) is 12. The minimum atomic E-state index is -5.69. The van der Waals surface area contributed by atoms with E-state index in [1.807, 2.05) is 18.2 Å². The summed E-state index contributed by atoms with van der Waals surface area (Å²) in [7, 11) is 3.02. The van der Waals surface area contributed by atoms with Crippen LogP contribution in [0.5, 0.6) is 17.2 Å². The number of benzene rings is 4. The molecule has 4 aromatic carbocycles. The third-order valence-corrected chi connectivity index (χ3v) is 10.4. The zero-order chi connectivity index (χ0) is 46.4. The zero-order valence-electron chi connectivity index (χ0n) is 34.4. The van der Waals surface area contributed by atoms with E-state index in [-0.39, 0.29) is 17.1 Å². The summed E-state index contributed by atoms with van der Waals surface area (Å²) in [6.45, 7) is -3.92. The average Bonchev–Trinajstić information content (AvgIpc) is 3.86. The summed E-state index contributed by atoms with van der Waals surface area (Å²) in [6, 6.07) is 31.5. The summed E-state index contributed by atoms with van der Waals surface area (Å²) >= 11 is 0. The first kappa shape index (κ1) is 46.5. The fourth-order valence-corrected chi connectivity index (χ4v) is 7.21. The highest BCUT2D eigenvalue weighted by Crippen LogP contribution is 2.44. The van der Waals surface area contributed by atoms with Gasteiger partial charge < -0.3 is 38.3 Å². The highest BCUT2D eigenvalue weighted by atomic mass is 19.4. The van der Waals surface area contributed by atoms with E-state index in [1.54, 1.807) is 91.0 Å². The van der Waals surface area contributed by atoms with Gasteiger partial charge in [0.1, 0.15) is 48.0 Å². The van der Waals surface area contributed by atoms with Gasteiger partial charge in [-0.2, -0.15) is 31.3 Å². The van der Waals surface area contributed by atoms with Crippen LogP contribution < -0.4 is 25.1 Å². The second kappa shape index (κ2) is 19.7. The maximum atomic E-state index is 13.3. The number of aromatic nitrogens is 4. The van der Waals surface area contributed by atoms with Crippen molar-refractivity contribution in [3.05, 3.63) is 143 Å². The van der Waals surface area contributed by atoms with Crippen LogP contribution >= 0.6 is 0 Å². The molecule has 3 N–H and O–H groups in total. The first-order valence-electron chi connectivity index (χ1n) is 19.7. The summed E-state index contributed by atoms with van der Waals surface area (Å²) in [5.74, 6) is -3.40. The summed E-state index contributed by atoms with van der Waals surface area (Å²) in [4.78, 5) is 36.9. The van der Waals surface area contributed by atoms with Gasteiger partial charge in [-0.15, -0.1) is 0 Å². The number of alkyl halides is 6. The summed E-state index contributed by atoms with van der Waals surface area (Å²) in [5, 5.41) is 14.3. The van der Waals surface area contributed by atoms with E-state index in [9.17, 15) is 41.0 Å². The van der Waals surface area contributed by atoms with Crippen molar-refractivity contribution in [1.29, 1.82) is 0 Å². The largest absolute Gasteiger partial charge is 0.497 e. The Balaban J connectivity index is 1.22. The van der Waals surface area contributed by atoms with Crippen molar-refractivity contribution in [2.45, 2.75) is 42.5 Å². The number of para-hydroxylation sites is 1. The van der Waals surface area contributed by atoms with Gasteiger partial charge in [0.25, 0.3) is 11.5 Å². The maximum absolute atomic E-state index is 13.3. The Bertz CT molecular complexity index is 2500. The molecule has 0 unspecified atom stereocenters. The van der Waals surface area contributed by atoms with Crippen molar-refractivity contribution < 1.29 is 69.4 Å². The number of H-pyrrole nitrogens is 1. The molecule has 3 heterocycles. The molecule has 0 saturated carbocycles. The molecule has 21 heteroatoms. The number of aliphatic hydroxyl groups is 1. The number of aromatic amines is 1. The fraction of sp³-hybridized carbons (Fsp3) is 0.318. The van der Waals surface area contributed by atoms with E-state index >= 15 is 0 Å². The molecule has 65 heavy (non-hydrogen) atoms. The average molecular weight is 914 g/mol. The Morgan fingerprint density at radius 1 is 0.831 bits per heavy atom. The van der Waals surface area contributed by atoms with Gasteiger partial charge in [-0.1, -0.05) is 72.8 Å². The Morgan fingerprint density at radius 2 is 1.40 bits per heavy atom. The number of ether oxygens (including phenoxy) is 7. The van der Waals surface area contributed by atoms with E-state index in [0.717, 1.165) is 10.9 Å². The molecule has 1 aliphatic heterocycles. The highest BCUT2D eigenvalue weighted by molar-refractivity contribution is 5.90. The van der Waals surface area contributed by atoms with Crippen LogP contribution in [0, 0.1) is 5.92 Å². The van der Waals surface area contributed by atoms with Crippen molar-refractivity contribution in [2.24, 2.45) is 5.92 Å². The van der Waals surface area contributed by atoms with Gasteiger partial charge in [-0.3, -0.25) is 24.5 Å². The molecule has 4 atom stereocenters. The number of nitrogens with one attached hydrogen (secondary N) is 2. The van der Waals surface area contributed by atoms with Crippen LogP contribution in [0.15, 0.2) is 120 Å². The molecular formula is C44H41F6N5O10. The lowest BCUT2D eigenvalue weighted by atomic mass is 9.80. The van der Waals surface area contributed by atoms with Gasteiger partial charge >= 0.3 is 12.4 Å². The number of aliphatic hydroxyl groups excluding tert-OH is 1. The van der Waals surface area contributed by atoms with Crippen molar-refractivity contribution in [1.82, 2.24) is 19.5 Å². The van der Waals surface area contributed by atoms with E-state index < -0.39 is 86.5 Å². The van der Waals surface area contributed by atoms with Crippen LogP contribution in [0.3, 0.4) is 0 Å². The summed E-state index contributed by atoms with van der Waals surface area (Å²) in [5.41, 5.74) is -0.879. The van der Waals surface area contributed by atoms with Crippen molar-refractivity contribution >= 4 is 23.0 Å². The molecule has 0 radical (unpaired) electrons. The van der Waals surface area contributed by atoms with Crippen molar-refractivity contribution in [3.63, 3.8) is 0 Å². The molecule has 344 valence electrons. The molecule has 7 rings (SSSR count). The van der Waals surface area contributed by atoms with Crippen LogP contribution in [-0.4, -0.2) is 102 Å². The molecule has 15 nitrogen and oxygen atoms in total. The van der Waals surface area contributed by atoms with E-state index in [4.69, 9.17) is 33.2 Å². The Kier molecular flexibility index (Phi) is 14.1. The molecule has 1 aliphatic rings. The predicted molar refractivity (Wildman–Crippen MR) is 218 cm³/mol. The molecule has 2 aromatic heterocycles. The molecule has 6 aromatic rings. The Morgan fingerprint density at radius 3 is 1.97 bits per heavy atom. The Hall–Kier alpha value is -6.52. The van der Waals surface area contributed by atoms with Gasteiger partial charge in [-0.25, -0.2) is 4.98 Å². The molecule has 1 fully saturated rings. The van der Waals surface area contributed by atoms with Crippen molar-refractivity contribution in [2.75, 3.05) is 46.1 Å². The molecular weight excluding hydrogens is 872 g/mol. The van der Waals surface area contributed by atoms with Gasteiger partial charge in [0.2, 0.25) is 5.95 Å². The molecule has 0 spiro atoms. The number of anilines is 1. The van der Waals surface area contributed by atoms with Gasteiger partial charge in [-0.05, 0) is 53.1 Å². The predicted octanol–water partition coefficient (Wildman–Crippen LogP) is 6.52. The van der Waals surface area contributed by atoms with Gasteiger partial charge in [0, 0.05) is 0 Å². The van der Waals surface area contributed by atoms with Crippen molar-refractivity contribution in [3.8, 4) is 17.2 Å². The standard InChI is InChI=1S/C44H41F6N5O10/c1-59-29-17-13-27(14-18-29)42(26-9-5-3-6-10-26,28-15-19-30(60-2)20-16-28)64-21-32-36(57)37(63-25-61-22-33(43(45,46)47)44(48,49)50)40(65-32)55-24-51-35-38(55)53-41(54-39(35)58)52-34(56)23-62-31-11-7-4-8-12-31/h3-20,24,32-33,36-37,40,57H,21-23,25H2,1-2H3,(H2,52,53,54,56,58)/t32-,36-,37-,40-/m1/s1. The number of carbonyl (C=O) groups excluding carboxylic acids is 1. The number of fused-ring (bicyclic) bond motifs is 1. The lowest BCUT2D eigenvalue weighted by Crippen LogP contribution is -2.41. The number of carbonyl (C=O) groups is 1. The number of nitrogens with zero attached hydrogens (tertiary/aromatic N) is 3. The lowest BCUT2D eigenvalue weighted by molar-refractivity contribution is -0.299. The maximum Gasteiger partial charge on any atom is 0.402 e. The van der Waals surface area contributed by atoms with Crippen LogP contribution in [0.1, 0.15) is 22.9 Å². The Labute approximate surface area is 365 Å². The number of imidazole rings is 1. The minimum Gasteiger partial charge on any atom is -0.497 e. The molecule has 0 bridgehead atoms. The van der Waals surface area contributed by atoms with Crippen LogP contribution in [0.2, 0.25) is 0 Å². The number of hydrogen-bond donors (Lipinski definition) is 3. The summed E-state index contributed by atoms with van der Waals surface area (Å²) in [6.07, 6.45) is -16.5. The fourth-order valence-electron chi connectivity index (χ4n) is 7.21. The van der Waals surface area contributed by atoms with E-state index in [2.05, 4.69) is 20.3 Å². The highest BCUT2D eigenvalue weighted by Gasteiger charge is 2.57. The third kappa shape index (κ3) is 10.4. The summed E-state index contributed by atoms with van der Waals surface area (Å²) < 4.78 is 121. The minimum absolute atomic E-state index is 0.217. The molecule has 1 saturated heterocycles. The monoisotopic (exact) mass is 913 g/mol. The number of halogens is 6. The lowest BCUT2D eigenvalue weighted by Gasteiger charge is -2.37. The smallest absolute Gasteiger partial charge is 0.402 e. The van der Waals surface area contributed by atoms with E-state index in [1.165, 1.54) is 14.2 Å². The zero-order valence-corrected chi connectivity index (χ0v) is 34.4. The number of methoxy groups -OCH3 is 2. The van der Waals surface area contributed by atoms with E-state index in [0.29, 0.717) is 33.9 Å². The third-order valence-electron chi connectivity index (χ3n) is 10.4. The topological polar surface area (TPSA) is 178 Å². The quantitative estimate of drug-likeness (QED) is 0.0369. The normalized spacial score (nSPS) is 17.9. The second-order valence-corrected chi connectivity index (χ2v) is 14.5. The SMILES string of the molecule is COc1ccc(C(OC[C@H]2O[C@@H](n3cnc4c(=O)[nH]c(NC(=O)COc5ccccc5)nc43)[C@H](OCOCC(C(F)(F)F)C(F)(F)F)[C@@H]2O)(c2ccccc2)c2ccc(OC)cc2)cc1. The number of amides is 1. The van der Waals surface area contributed by atoms with Crippen LogP contribution in [0.4, 0.5) is 32.3 Å². The van der Waals surface area contributed by atoms with Gasteiger partial charge in [0.15, 0.2) is 29.9 Å². The van der Waals surface area contributed by atoms with Crippen LogP contribution in [-0.2, 0) is 29.3 Å². The second-order valence-electron chi connectivity index (χ2n) is 14.5.